The molecular weight excluding hydrogens is 408 g/mol. The Kier molecular flexibility index (Phi) is 5.42. The predicted molar refractivity (Wildman–Crippen MR) is 118 cm³/mol. The van der Waals surface area contributed by atoms with Crippen LogP contribution in [-0.4, -0.2) is 57.1 Å². The number of rotatable bonds is 7. The molecule has 32 heavy (non-hydrogen) atoms. The Bertz CT molecular complexity index is 1260. The first-order valence-corrected chi connectivity index (χ1v) is 10.5. The number of methoxy groups -OCH3 is 1. The first-order chi connectivity index (χ1) is 15.6. The summed E-state index contributed by atoms with van der Waals surface area (Å²) >= 11 is 0. The van der Waals surface area contributed by atoms with Crippen LogP contribution in [0.3, 0.4) is 0 Å². The summed E-state index contributed by atoms with van der Waals surface area (Å²) in [7, 11) is 1.73. The van der Waals surface area contributed by atoms with Gasteiger partial charge in [0.25, 0.3) is 5.91 Å². The molecule has 1 fully saturated rings. The Morgan fingerprint density at radius 1 is 1.28 bits per heavy atom. The highest BCUT2D eigenvalue weighted by Gasteiger charge is 2.28. The highest BCUT2D eigenvalue weighted by atomic mass is 16.5. The van der Waals surface area contributed by atoms with E-state index >= 15 is 0 Å². The number of imidazole rings is 1. The third kappa shape index (κ3) is 4.00. The van der Waals surface area contributed by atoms with Gasteiger partial charge >= 0.3 is 0 Å². The Labute approximate surface area is 185 Å². The van der Waals surface area contributed by atoms with E-state index in [0.29, 0.717) is 35.6 Å². The lowest BCUT2D eigenvalue weighted by molar-refractivity contribution is 0.0233. The van der Waals surface area contributed by atoms with Crippen molar-refractivity contribution in [1.82, 2.24) is 24.4 Å². The third-order valence-corrected chi connectivity index (χ3v) is 5.66. The van der Waals surface area contributed by atoms with Gasteiger partial charge in [0.2, 0.25) is 11.7 Å². The molecule has 1 saturated heterocycles. The molecule has 4 aromatic rings. The van der Waals surface area contributed by atoms with Gasteiger partial charge in [0.05, 0.1) is 19.3 Å². The lowest BCUT2D eigenvalue weighted by atomic mass is 10.0. The normalized spacial score (nSPS) is 14.6. The van der Waals surface area contributed by atoms with Crippen LogP contribution in [-0.2, 0) is 11.3 Å². The molecule has 0 aliphatic carbocycles. The monoisotopic (exact) mass is 432 g/mol. The summed E-state index contributed by atoms with van der Waals surface area (Å²) in [5.74, 6) is 1.41. The van der Waals surface area contributed by atoms with Crippen LogP contribution in [0.2, 0.25) is 0 Å². The van der Waals surface area contributed by atoms with Crippen LogP contribution >= 0.6 is 0 Å². The number of pyridine rings is 1. The molecule has 0 unspecified atom stereocenters. The first kappa shape index (κ1) is 20.3. The van der Waals surface area contributed by atoms with Gasteiger partial charge in [-0.15, -0.1) is 0 Å². The molecule has 0 atom stereocenters. The molecule has 164 valence electrons. The Morgan fingerprint density at radius 2 is 2.16 bits per heavy atom. The average Bonchev–Trinajstić information content (AvgIpc) is 3.41. The maximum absolute atomic E-state index is 12.9. The molecule has 4 heterocycles. The van der Waals surface area contributed by atoms with Crippen molar-refractivity contribution in [3.05, 3.63) is 65.9 Å². The Hall–Kier alpha value is -3.56. The maximum Gasteiger partial charge on any atom is 0.274 e. The second-order valence-electron chi connectivity index (χ2n) is 8.08. The van der Waals surface area contributed by atoms with Crippen molar-refractivity contribution >= 4 is 17.2 Å². The first-order valence-electron chi connectivity index (χ1n) is 10.5. The number of carbonyl (C=O) groups excluding carboxylic acids is 1. The van der Waals surface area contributed by atoms with Gasteiger partial charge < -0.3 is 14.6 Å². The molecule has 0 radical (unpaired) electrons. The number of hydrogen-bond acceptors (Lipinski definition) is 7. The van der Waals surface area contributed by atoms with E-state index < -0.39 is 0 Å². The number of fused-ring (bicyclic) bond motifs is 1. The van der Waals surface area contributed by atoms with Crippen molar-refractivity contribution in [1.29, 1.82) is 0 Å². The highest BCUT2D eigenvalue weighted by Crippen LogP contribution is 2.25. The largest absolute Gasteiger partial charge is 0.384 e. The van der Waals surface area contributed by atoms with E-state index in [2.05, 4.69) is 25.3 Å². The van der Waals surface area contributed by atoms with Gasteiger partial charge in [0.15, 0.2) is 0 Å². The second kappa shape index (κ2) is 8.52. The van der Waals surface area contributed by atoms with E-state index in [1.807, 2.05) is 49.5 Å². The number of aromatic nitrogens is 4. The van der Waals surface area contributed by atoms with E-state index in [0.717, 1.165) is 36.5 Å². The number of ether oxygens (including phenoxy) is 1. The summed E-state index contributed by atoms with van der Waals surface area (Å²) < 4.78 is 12.4. The maximum atomic E-state index is 12.9. The van der Waals surface area contributed by atoms with E-state index in [1.54, 1.807) is 17.7 Å². The Balaban J connectivity index is 1.30. The number of amides is 1. The molecule has 9 heteroatoms. The summed E-state index contributed by atoms with van der Waals surface area (Å²) in [6, 6.07) is 11.3. The molecule has 5 rings (SSSR count). The fourth-order valence-electron chi connectivity index (χ4n) is 3.96. The van der Waals surface area contributed by atoms with Gasteiger partial charge in [-0.2, -0.15) is 4.98 Å². The smallest absolute Gasteiger partial charge is 0.274 e. The lowest BCUT2D eigenvalue weighted by Gasteiger charge is -2.37. The van der Waals surface area contributed by atoms with Gasteiger partial charge in [0.1, 0.15) is 11.3 Å². The van der Waals surface area contributed by atoms with Gasteiger partial charge in [-0.05, 0) is 30.7 Å². The molecule has 0 bridgehead atoms. The van der Waals surface area contributed by atoms with Crippen LogP contribution in [0, 0.1) is 12.8 Å². The second-order valence-corrected chi connectivity index (χ2v) is 8.08. The summed E-state index contributed by atoms with van der Waals surface area (Å²) in [6.07, 6.45) is 3.39. The number of carbonyl (C=O) groups is 1. The summed E-state index contributed by atoms with van der Waals surface area (Å²) in [4.78, 5) is 24.0. The number of benzene rings is 1. The Morgan fingerprint density at radius 3 is 3.00 bits per heavy atom. The van der Waals surface area contributed by atoms with E-state index in [-0.39, 0.29) is 5.91 Å². The molecule has 1 aromatic carbocycles. The topological polar surface area (TPSA) is 97.8 Å². The molecule has 0 spiro atoms. The molecular formula is C23H24N6O3. The summed E-state index contributed by atoms with van der Waals surface area (Å²) in [5, 5.41) is 7.11. The van der Waals surface area contributed by atoms with Crippen molar-refractivity contribution < 1.29 is 14.1 Å². The van der Waals surface area contributed by atoms with Crippen molar-refractivity contribution in [3.8, 4) is 11.4 Å². The van der Waals surface area contributed by atoms with Crippen molar-refractivity contribution in [2.45, 2.75) is 13.5 Å². The SMILES string of the molecule is COCC1CN(Cc2nc(-c3ccc(C)c(NC(=O)c4cnc5ccccn45)c3)no2)C1. The molecule has 1 aliphatic heterocycles. The van der Waals surface area contributed by atoms with Crippen molar-refractivity contribution in [2.24, 2.45) is 5.92 Å². The quantitative estimate of drug-likeness (QED) is 0.479. The van der Waals surface area contributed by atoms with Gasteiger partial charge in [0, 0.05) is 43.6 Å². The van der Waals surface area contributed by atoms with Crippen LogP contribution in [0.25, 0.3) is 17.0 Å². The number of hydrogen-bond donors (Lipinski definition) is 1. The molecule has 1 aliphatic rings. The van der Waals surface area contributed by atoms with Gasteiger partial charge in [-0.3, -0.25) is 14.1 Å². The zero-order valence-corrected chi connectivity index (χ0v) is 18.0. The predicted octanol–water partition coefficient (Wildman–Crippen LogP) is 3.02. The van der Waals surface area contributed by atoms with E-state index in [9.17, 15) is 4.79 Å². The van der Waals surface area contributed by atoms with E-state index in [4.69, 9.17) is 9.26 Å². The molecule has 9 nitrogen and oxygen atoms in total. The van der Waals surface area contributed by atoms with Crippen LogP contribution in [0.15, 0.2) is 53.3 Å². The van der Waals surface area contributed by atoms with Crippen molar-refractivity contribution in [3.63, 3.8) is 0 Å². The fraction of sp³-hybridized carbons (Fsp3) is 0.304. The van der Waals surface area contributed by atoms with Crippen LogP contribution < -0.4 is 5.32 Å². The zero-order chi connectivity index (χ0) is 22.1. The number of nitrogens with zero attached hydrogens (tertiary/aromatic N) is 5. The third-order valence-electron chi connectivity index (χ3n) is 5.66. The van der Waals surface area contributed by atoms with Gasteiger partial charge in [-0.1, -0.05) is 23.4 Å². The highest BCUT2D eigenvalue weighted by molar-refractivity contribution is 6.04. The minimum atomic E-state index is -0.235. The number of nitrogens with one attached hydrogen (secondary N) is 1. The van der Waals surface area contributed by atoms with Crippen LogP contribution in [0.5, 0.6) is 0 Å². The average molecular weight is 432 g/mol. The van der Waals surface area contributed by atoms with Gasteiger partial charge in [-0.25, -0.2) is 4.98 Å². The standard InChI is InChI=1S/C23H24N6O3/c1-15-6-7-17(22-26-21(32-27-22)13-28-11-16(12-28)14-31-2)9-18(15)25-23(30)19-10-24-20-5-3-4-8-29(19)20/h3-10,16H,11-14H2,1-2H3,(H,25,30). The molecule has 3 aromatic heterocycles. The minimum Gasteiger partial charge on any atom is -0.384 e. The number of anilines is 1. The van der Waals surface area contributed by atoms with Crippen LogP contribution in [0.1, 0.15) is 21.9 Å². The zero-order valence-electron chi connectivity index (χ0n) is 18.0. The summed E-state index contributed by atoms with van der Waals surface area (Å²) in [5.41, 5.74) is 3.59. The lowest BCUT2D eigenvalue weighted by Crippen LogP contribution is -2.47. The summed E-state index contributed by atoms with van der Waals surface area (Å²) in [6.45, 7) is 5.27. The molecule has 1 N–H and O–H groups in total. The number of aryl methyl sites for hydroxylation is 1. The van der Waals surface area contributed by atoms with Crippen molar-refractivity contribution in [2.75, 3.05) is 32.1 Å². The minimum absolute atomic E-state index is 0.235. The fourth-order valence-corrected chi connectivity index (χ4v) is 3.96. The number of likely N-dealkylation sites (tertiary alicyclic amines) is 1. The molecule has 1 amide bonds. The van der Waals surface area contributed by atoms with E-state index in [1.165, 1.54) is 0 Å². The molecule has 0 saturated carbocycles. The van der Waals surface area contributed by atoms with Crippen LogP contribution in [0.4, 0.5) is 5.69 Å².